The van der Waals surface area contributed by atoms with Gasteiger partial charge in [-0.15, -0.1) is 0 Å². The van der Waals surface area contributed by atoms with Crippen LogP contribution in [-0.4, -0.2) is 48.1 Å². The molecule has 1 rings (SSSR count). The van der Waals surface area contributed by atoms with Gasteiger partial charge in [0.1, 0.15) is 0 Å². The molecule has 0 aromatic carbocycles. The van der Waals surface area contributed by atoms with Gasteiger partial charge in [0.05, 0.1) is 6.04 Å². The van der Waals surface area contributed by atoms with Crippen molar-refractivity contribution in [3.05, 3.63) is 0 Å². The lowest BCUT2D eigenvalue weighted by Crippen LogP contribution is -2.53. The van der Waals surface area contributed by atoms with Crippen molar-refractivity contribution in [2.45, 2.75) is 18.9 Å². The van der Waals surface area contributed by atoms with E-state index in [0.29, 0.717) is 13.0 Å². The summed E-state index contributed by atoms with van der Waals surface area (Å²) in [5.74, 6) is -0.915. The Labute approximate surface area is 76.7 Å². The second kappa shape index (κ2) is 4.23. The quantitative estimate of drug-likeness (QED) is 0.610. The van der Waals surface area contributed by atoms with Crippen molar-refractivity contribution >= 4 is 11.9 Å². The molecule has 1 fully saturated rings. The zero-order chi connectivity index (χ0) is 9.84. The lowest BCUT2D eigenvalue weighted by atomic mass is 10.1. The number of carbonyl (C=O) groups excluding carboxylic acids is 1. The van der Waals surface area contributed by atoms with Crippen molar-refractivity contribution in [3.63, 3.8) is 0 Å². The van der Waals surface area contributed by atoms with Gasteiger partial charge in [0.2, 0.25) is 5.91 Å². The Hall–Kier alpha value is -1.10. The number of carboxylic acids is 1. The minimum atomic E-state index is -0.855. The van der Waals surface area contributed by atoms with Crippen LogP contribution in [0.25, 0.3) is 0 Å². The van der Waals surface area contributed by atoms with Gasteiger partial charge in [0.25, 0.3) is 0 Å². The highest BCUT2D eigenvalue weighted by Crippen LogP contribution is 2.08. The molecule has 0 aromatic rings. The van der Waals surface area contributed by atoms with Gasteiger partial charge < -0.3 is 10.4 Å². The number of nitrogens with zero attached hydrogens (tertiary/aromatic N) is 1. The molecule has 1 saturated heterocycles. The molecule has 1 aliphatic heterocycles. The molecular formula is C8H14N2O3. The van der Waals surface area contributed by atoms with Crippen LogP contribution in [0.4, 0.5) is 0 Å². The highest BCUT2D eigenvalue weighted by atomic mass is 16.4. The molecule has 1 atom stereocenters. The number of hydrogen-bond acceptors (Lipinski definition) is 3. The van der Waals surface area contributed by atoms with Crippen LogP contribution in [0, 0.1) is 0 Å². The van der Waals surface area contributed by atoms with Crippen molar-refractivity contribution < 1.29 is 14.7 Å². The summed E-state index contributed by atoms with van der Waals surface area (Å²) in [6, 6.07) is -0.273. The molecule has 0 bridgehead atoms. The molecule has 1 aliphatic rings. The first kappa shape index (κ1) is 9.98. The van der Waals surface area contributed by atoms with Crippen LogP contribution in [0.15, 0.2) is 0 Å². The SMILES string of the molecule is CN1CCNC(=O)C1CCC(=O)O. The second-order valence-corrected chi connectivity index (χ2v) is 3.22. The Bertz CT molecular complexity index is 217. The summed E-state index contributed by atoms with van der Waals surface area (Å²) in [4.78, 5) is 23.5. The van der Waals surface area contributed by atoms with Crippen LogP contribution in [0.3, 0.4) is 0 Å². The monoisotopic (exact) mass is 186 g/mol. The summed E-state index contributed by atoms with van der Waals surface area (Å²) in [7, 11) is 1.84. The molecule has 0 spiro atoms. The number of nitrogens with one attached hydrogen (secondary N) is 1. The van der Waals surface area contributed by atoms with E-state index in [0.717, 1.165) is 6.54 Å². The number of amides is 1. The Morgan fingerprint density at radius 1 is 1.77 bits per heavy atom. The summed E-state index contributed by atoms with van der Waals surface area (Å²) in [5, 5.41) is 11.2. The number of likely N-dealkylation sites (N-methyl/N-ethyl adjacent to an activating group) is 1. The van der Waals surface area contributed by atoms with Crippen molar-refractivity contribution in [1.29, 1.82) is 0 Å². The van der Waals surface area contributed by atoms with Gasteiger partial charge in [-0.05, 0) is 13.5 Å². The van der Waals surface area contributed by atoms with Gasteiger partial charge in [-0.3, -0.25) is 14.5 Å². The molecular weight excluding hydrogens is 172 g/mol. The summed E-state index contributed by atoms with van der Waals surface area (Å²) in [6.45, 7) is 1.44. The number of rotatable bonds is 3. The summed E-state index contributed by atoms with van der Waals surface area (Å²) in [6.07, 6.45) is 0.431. The molecule has 5 nitrogen and oxygen atoms in total. The number of piperazine rings is 1. The summed E-state index contributed by atoms with van der Waals surface area (Å²) < 4.78 is 0. The van der Waals surface area contributed by atoms with E-state index in [9.17, 15) is 9.59 Å². The fourth-order valence-electron chi connectivity index (χ4n) is 1.44. The normalized spacial score (nSPS) is 24.1. The van der Waals surface area contributed by atoms with Gasteiger partial charge in [0.15, 0.2) is 0 Å². The number of aliphatic carboxylic acids is 1. The Balaban J connectivity index is 2.44. The van der Waals surface area contributed by atoms with E-state index in [1.807, 2.05) is 11.9 Å². The number of hydrogen-bond donors (Lipinski definition) is 2. The van der Waals surface area contributed by atoms with Crippen molar-refractivity contribution in [1.82, 2.24) is 10.2 Å². The standard InChI is InChI=1S/C8H14N2O3/c1-10-5-4-9-8(13)6(10)2-3-7(11)12/h6H,2-5H2,1H3,(H,9,13)(H,11,12). The molecule has 1 amide bonds. The maximum absolute atomic E-state index is 11.3. The van der Waals surface area contributed by atoms with E-state index in [1.165, 1.54) is 0 Å². The molecule has 1 unspecified atom stereocenters. The zero-order valence-electron chi connectivity index (χ0n) is 7.62. The van der Waals surface area contributed by atoms with Crippen LogP contribution in [0.5, 0.6) is 0 Å². The molecule has 1 heterocycles. The maximum Gasteiger partial charge on any atom is 0.303 e. The van der Waals surface area contributed by atoms with Gasteiger partial charge in [-0.25, -0.2) is 0 Å². The Morgan fingerprint density at radius 3 is 3.00 bits per heavy atom. The maximum atomic E-state index is 11.3. The second-order valence-electron chi connectivity index (χ2n) is 3.22. The topological polar surface area (TPSA) is 69.6 Å². The molecule has 0 aliphatic carbocycles. The molecule has 0 radical (unpaired) electrons. The van der Waals surface area contributed by atoms with Gasteiger partial charge in [-0.2, -0.15) is 0 Å². The fourth-order valence-corrected chi connectivity index (χ4v) is 1.44. The number of carboxylic acid groups (broad SMARTS) is 1. The van der Waals surface area contributed by atoms with Crippen molar-refractivity contribution in [3.8, 4) is 0 Å². The zero-order valence-corrected chi connectivity index (χ0v) is 7.62. The van der Waals surface area contributed by atoms with Gasteiger partial charge in [-0.1, -0.05) is 0 Å². The lowest BCUT2D eigenvalue weighted by molar-refractivity contribution is -0.138. The van der Waals surface area contributed by atoms with E-state index >= 15 is 0 Å². The molecule has 2 N–H and O–H groups in total. The Kier molecular flexibility index (Phi) is 3.25. The molecule has 13 heavy (non-hydrogen) atoms. The van der Waals surface area contributed by atoms with Gasteiger partial charge in [0, 0.05) is 19.5 Å². The smallest absolute Gasteiger partial charge is 0.303 e. The minimum Gasteiger partial charge on any atom is -0.481 e. The third kappa shape index (κ3) is 2.69. The lowest BCUT2D eigenvalue weighted by Gasteiger charge is -2.31. The third-order valence-corrected chi connectivity index (χ3v) is 2.23. The van der Waals surface area contributed by atoms with Crippen molar-refractivity contribution in [2.75, 3.05) is 20.1 Å². The first-order valence-electron chi connectivity index (χ1n) is 4.31. The Morgan fingerprint density at radius 2 is 2.46 bits per heavy atom. The average Bonchev–Trinajstić information content (AvgIpc) is 2.03. The van der Waals surface area contributed by atoms with Crippen LogP contribution >= 0.6 is 0 Å². The van der Waals surface area contributed by atoms with Gasteiger partial charge >= 0.3 is 5.97 Å². The van der Waals surface area contributed by atoms with Crippen LogP contribution in [0.2, 0.25) is 0 Å². The first-order chi connectivity index (χ1) is 6.11. The summed E-state index contributed by atoms with van der Waals surface area (Å²) >= 11 is 0. The van der Waals surface area contributed by atoms with E-state index in [2.05, 4.69) is 5.32 Å². The molecule has 0 saturated carbocycles. The molecule has 5 heteroatoms. The predicted molar refractivity (Wildman–Crippen MR) is 46.3 cm³/mol. The minimum absolute atomic E-state index is 0.0441. The first-order valence-corrected chi connectivity index (χ1v) is 4.31. The molecule has 74 valence electrons. The van der Waals surface area contributed by atoms with E-state index in [1.54, 1.807) is 0 Å². The average molecular weight is 186 g/mol. The fraction of sp³-hybridized carbons (Fsp3) is 0.750. The number of carbonyl (C=O) groups is 2. The largest absolute Gasteiger partial charge is 0.481 e. The van der Waals surface area contributed by atoms with E-state index in [-0.39, 0.29) is 18.4 Å². The van der Waals surface area contributed by atoms with Crippen LogP contribution in [-0.2, 0) is 9.59 Å². The summed E-state index contributed by atoms with van der Waals surface area (Å²) in [5.41, 5.74) is 0. The van der Waals surface area contributed by atoms with E-state index in [4.69, 9.17) is 5.11 Å². The van der Waals surface area contributed by atoms with Crippen molar-refractivity contribution in [2.24, 2.45) is 0 Å². The van der Waals surface area contributed by atoms with E-state index < -0.39 is 5.97 Å². The highest BCUT2D eigenvalue weighted by Gasteiger charge is 2.26. The van der Waals surface area contributed by atoms with Crippen LogP contribution in [0.1, 0.15) is 12.8 Å². The molecule has 0 aromatic heterocycles. The van der Waals surface area contributed by atoms with Crippen LogP contribution < -0.4 is 5.32 Å². The predicted octanol–water partition coefficient (Wildman–Crippen LogP) is -0.719. The third-order valence-electron chi connectivity index (χ3n) is 2.23. The highest BCUT2D eigenvalue weighted by molar-refractivity contribution is 5.83.